The maximum atomic E-state index is 13.7. The summed E-state index contributed by atoms with van der Waals surface area (Å²) in [6.07, 6.45) is 0.432. The van der Waals surface area contributed by atoms with E-state index in [1.807, 2.05) is 25.1 Å². The number of thioether (sulfide) groups is 1. The SMILES string of the molecule is COc1ccc(/C=C/C(=O)c2c(C)nn(C)c2C)cc1CSc1nc(C(F)F)cc(-c2ccccc2)c1C#N. The standard InChI is InChI=1S/C30H26F2N4O2S/c1-18-28(19(2)36(3)35-18)26(37)12-10-20-11-13-27(38-4)22(14-20)17-39-30-24(16-33)23(15-25(34-30)29(31)32)21-8-6-5-7-9-21/h5-15,29H,17H2,1-4H3/b12-10+. The number of carbonyl (C=O) groups is 1. The zero-order chi connectivity index (χ0) is 28.1. The number of aryl methyl sites for hydroxylation is 2. The normalized spacial score (nSPS) is 11.2. The first-order chi connectivity index (χ1) is 18.7. The summed E-state index contributed by atoms with van der Waals surface area (Å²) >= 11 is 1.18. The fourth-order valence-corrected chi connectivity index (χ4v) is 5.24. The Bertz CT molecular complexity index is 1590. The predicted octanol–water partition coefficient (Wildman–Crippen LogP) is 7.11. The molecule has 0 fully saturated rings. The van der Waals surface area contributed by atoms with Crippen molar-refractivity contribution in [2.45, 2.75) is 31.1 Å². The van der Waals surface area contributed by atoms with Gasteiger partial charge in [0.15, 0.2) is 5.78 Å². The van der Waals surface area contributed by atoms with Gasteiger partial charge in [-0.2, -0.15) is 10.4 Å². The van der Waals surface area contributed by atoms with Crippen LogP contribution in [0.15, 0.2) is 65.7 Å². The van der Waals surface area contributed by atoms with Gasteiger partial charge in [0.05, 0.1) is 23.9 Å². The summed E-state index contributed by atoms with van der Waals surface area (Å²) in [5.74, 6) is 0.754. The number of pyridine rings is 1. The molecule has 0 amide bonds. The van der Waals surface area contributed by atoms with Crippen LogP contribution in [-0.4, -0.2) is 27.7 Å². The van der Waals surface area contributed by atoms with Crippen molar-refractivity contribution < 1.29 is 18.3 Å². The quantitative estimate of drug-likeness (QED) is 0.127. The van der Waals surface area contributed by atoms with Crippen molar-refractivity contribution in [3.8, 4) is 22.9 Å². The maximum absolute atomic E-state index is 13.7. The molecule has 2 aromatic carbocycles. The Labute approximate surface area is 230 Å². The molecule has 198 valence electrons. The third-order valence-electron chi connectivity index (χ3n) is 6.28. The van der Waals surface area contributed by atoms with E-state index in [1.165, 1.54) is 23.9 Å². The Morgan fingerprint density at radius 1 is 1.18 bits per heavy atom. The molecule has 2 aromatic heterocycles. The van der Waals surface area contributed by atoms with E-state index in [1.54, 1.807) is 62.2 Å². The molecule has 6 nitrogen and oxygen atoms in total. The van der Waals surface area contributed by atoms with Crippen molar-refractivity contribution in [2.24, 2.45) is 7.05 Å². The molecule has 4 aromatic rings. The Morgan fingerprint density at radius 3 is 2.54 bits per heavy atom. The highest BCUT2D eigenvalue weighted by Gasteiger charge is 2.20. The second-order valence-electron chi connectivity index (χ2n) is 8.78. The number of nitriles is 1. The molecule has 9 heteroatoms. The van der Waals surface area contributed by atoms with E-state index in [4.69, 9.17) is 4.74 Å². The highest BCUT2D eigenvalue weighted by atomic mass is 32.2. The van der Waals surface area contributed by atoms with E-state index in [0.717, 1.165) is 16.8 Å². The number of hydrogen-bond donors (Lipinski definition) is 0. The second-order valence-corrected chi connectivity index (χ2v) is 9.74. The first kappa shape index (κ1) is 27.7. The summed E-state index contributed by atoms with van der Waals surface area (Å²) in [5, 5.41) is 14.4. The molecule has 0 saturated heterocycles. The van der Waals surface area contributed by atoms with Gasteiger partial charge in [0.1, 0.15) is 22.5 Å². The third kappa shape index (κ3) is 6.07. The number of rotatable bonds is 9. The van der Waals surface area contributed by atoms with E-state index in [2.05, 4.69) is 16.2 Å². The number of carbonyl (C=O) groups excluding carboxylic acids is 1. The monoisotopic (exact) mass is 544 g/mol. The summed E-state index contributed by atoms with van der Waals surface area (Å²) in [6.45, 7) is 3.64. The summed E-state index contributed by atoms with van der Waals surface area (Å²) in [7, 11) is 3.34. The van der Waals surface area contributed by atoms with Gasteiger partial charge in [-0.05, 0) is 49.2 Å². The van der Waals surface area contributed by atoms with E-state index in [9.17, 15) is 18.8 Å². The molecule has 0 unspecified atom stereocenters. The van der Waals surface area contributed by atoms with Gasteiger partial charge in [-0.15, -0.1) is 11.8 Å². The maximum Gasteiger partial charge on any atom is 0.280 e. The summed E-state index contributed by atoms with van der Waals surface area (Å²) in [4.78, 5) is 16.9. The molecule has 4 rings (SSSR count). The number of hydrogen-bond acceptors (Lipinski definition) is 6. The molecule has 0 bridgehead atoms. The van der Waals surface area contributed by atoms with Crippen LogP contribution in [0.25, 0.3) is 17.2 Å². The van der Waals surface area contributed by atoms with Crippen LogP contribution >= 0.6 is 11.8 Å². The number of aromatic nitrogens is 3. The lowest BCUT2D eigenvalue weighted by molar-refractivity contribution is 0.104. The first-order valence-corrected chi connectivity index (χ1v) is 13.0. The molecule has 0 aliphatic carbocycles. The van der Waals surface area contributed by atoms with Crippen LogP contribution in [0.5, 0.6) is 5.75 Å². The molecule has 0 N–H and O–H groups in total. The minimum absolute atomic E-state index is 0.148. The lowest BCUT2D eigenvalue weighted by Gasteiger charge is -2.13. The molecule has 39 heavy (non-hydrogen) atoms. The van der Waals surface area contributed by atoms with Crippen molar-refractivity contribution in [2.75, 3.05) is 7.11 Å². The van der Waals surface area contributed by atoms with Gasteiger partial charge in [0.25, 0.3) is 6.43 Å². The molecule has 0 spiro atoms. The average Bonchev–Trinajstić information content (AvgIpc) is 3.20. The number of methoxy groups -OCH3 is 1. The predicted molar refractivity (Wildman–Crippen MR) is 148 cm³/mol. The number of nitrogens with zero attached hydrogens (tertiary/aromatic N) is 4. The molecule has 2 heterocycles. The van der Waals surface area contributed by atoms with Gasteiger partial charge in [-0.1, -0.05) is 42.5 Å². The Kier molecular flexibility index (Phi) is 8.57. The van der Waals surface area contributed by atoms with Crippen LogP contribution in [0.3, 0.4) is 0 Å². The fourth-order valence-electron chi connectivity index (χ4n) is 4.26. The summed E-state index contributed by atoms with van der Waals surface area (Å²) < 4.78 is 34.6. The second kappa shape index (κ2) is 12.0. The molecule has 0 saturated carbocycles. The average molecular weight is 545 g/mol. The van der Waals surface area contributed by atoms with Crippen LogP contribution in [0, 0.1) is 25.2 Å². The van der Waals surface area contributed by atoms with Crippen molar-refractivity contribution in [1.29, 1.82) is 5.26 Å². The van der Waals surface area contributed by atoms with Crippen LogP contribution < -0.4 is 4.74 Å². The largest absolute Gasteiger partial charge is 0.496 e. The molecule has 0 radical (unpaired) electrons. The summed E-state index contributed by atoms with van der Waals surface area (Å²) in [6, 6.07) is 17.8. The number of benzene rings is 2. The smallest absolute Gasteiger partial charge is 0.280 e. The zero-order valence-corrected chi connectivity index (χ0v) is 22.7. The Morgan fingerprint density at radius 2 is 1.92 bits per heavy atom. The van der Waals surface area contributed by atoms with Crippen LogP contribution in [-0.2, 0) is 12.8 Å². The molecule has 0 aliphatic rings. The van der Waals surface area contributed by atoms with Gasteiger partial charge in [0, 0.05) is 29.6 Å². The van der Waals surface area contributed by atoms with E-state index in [0.29, 0.717) is 33.9 Å². The van der Waals surface area contributed by atoms with E-state index in [-0.39, 0.29) is 16.4 Å². The van der Waals surface area contributed by atoms with Crippen molar-refractivity contribution in [3.63, 3.8) is 0 Å². The number of ketones is 1. The Hall–Kier alpha value is -4.29. The van der Waals surface area contributed by atoms with E-state index >= 15 is 0 Å². The lowest BCUT2D eigenvalue weighted by Crippen LogP contribution is -2.00. The van der Waals surface area contributed by atoms with E-state index < -0.39 is 12.1 Å². The molecular formula is C30H26F2N4O2S. The number of ether oxygens (including phenoxy) is 1. The molecular weight excluding hydrogens is 518 g/mol. The topological polar surface area (TPSA) is 80.8 Å². The number of allylic oxidation sites excluding steroid dienone is 1. The van der Waals surface area contributed by atoms with Gasteiger partial charge < -0.3 is 4.74 Å². The van der Waals surface area contributed by atoms with Gasteiger partial charge in [-0.25, -0.2) is 13.8 Å². The van der Waals surface area contributed by atoms with Gasteiger partial charge in [0.2, 0.25) is 0 Å². The fraction of sp³-hybridized carbons (Fsp3) is 0.200. The first-order valence-electron chi connectivity index (χ1n) is 12.0. The van der Waals surface area contributed by atoms with Gasteiger partial charge >= 0.3 is 0 Å². The molecule has 0 aliphatic heterocycles. The summed E-state index contributed by atoms with van der Waals surface area (Å²) in [5.41, 5.74) is 4.47. The minimum atomic E-state index is -2.79. The van der Waals surface area contributed by atoms with Crippen molar-refractivity contribution in [1.82, 2.24) is 14.8 Å². The number of halogens is 2. The van der Waals surface area contributed by atoms with Crippen LogP contribution in [0.2, 0.25) is 0 Å². The molecule has 0 atom stereocenters. The highest BCUT2D eigenvalue weighted by molar-refractivity contribution is 7.98. The lowest BCUT2D eigenvalue weighted by atomic mass is 10.0. The van der Waals surface area contributed by atoms with Crippen LogP contribution in [0.4, 0.5) is 8.78 Å². The number of alkyl halides is 2. The minimum Gasteiger partial charge on any atom is -0.496 e. The third-order valence-corrected chi connectivity index (χ3v) is 7.30. The highest BCUT2D eigenvalue weighted by Crippen LogP contribution is 2.36. The van der Waals surface area contributed by atoms with Gasteiger partial charge in [-0.3, -0.25) is 9.48 Å². The van der Waals surface area contributed by atoms with Crippen LogP contribution in [0.1, 0.15) is 50.6 Å². The Balaban J connectivity index is 1.64. The zero-order valence-electron chi connectivity index (χ0n) is 21.9. The van der Waals surface area contributed by atoms with Crippen molar-refractivity contribution in [3.05, 3.63) is 100 Å². The van der Waals surface area contributed by atoms with Crippen molar-refractivity contribution >= 4 is 23.6 Å².